The van der Waals surface area contributed by atoms with Crippen LogP contribution in [-0.2, 0) is 0 Å². The third-order valence-corrected chi connectivity index (χ3v) is 4.62. The van der Waals surface area contributed by atoms with Crippen LogP contribution >= 0.6 is 0 Å². The average Bonchev–Trinajstić information content (AvgIpc) is 3.12. The summed E-state index contributed by atoms with van der Waals surface area (Å²) in [5.74, 6) is 1.78. The number of hydrogen-bond donors (Lipinski definition) is 1. The molecule has 1 N–H and O–H groups in total. The predicted molar refractivity (Wildman–Crippen MR) is 78.9 cm³/mol. The van der Waals surface area contributed by atoms with Gasteiger partial charge in [-0.15, -0.1) is 0 Å². The Morgan fingerprint density at radius 3 is 2.44 bits per heavy atom. The maximum Gasteiger partial charge on any atom is 0.0139 e. The Morgan fingerprint density at radius 2 is 1.94 bits per heavy atom. The normalized spacial score (nSPS) is 27.8. The second-order valence-corrected chi connectivity index (χ2v) is 6.76. The van der Waals surface area contributed by atoms with Crippen LogP contribution in [-0.4, -0.2) is 36.6 Å². The van der Waals surface area contributed by atoms with Crippen molar-refractivity contribution in [3.8, 4) is 0 Å². The van der Waals surface area contributed by atoms with Crippen LogP contribution in [0.2, 0.25) is 0 Å². The van der Waals surface area contributed by atoms with Gasteiger partial charge in [0, 0.05) is 12.1 Å². The van der Waals surface area contributed by atoms with E-state index >= 15 is 0 Å². The lowest BCUT2D eigenvalue weighted by Crippen LogP contribution is -2.51. The first-order valence-electron chi connectivity index (χ1n) is 8.18. The van der Waals surface area contributed by atoms with E-state index in [0.29, 0.717) is 0 Å². The Balaban J connectivity index is 1.75. The molecule has 2 aliphatic rings. The molecule has 2 atom stereocenters. The molecule has 2 rings (SSSR count). The summed E-state index contributed by atoms with van der Waals surface area (Å²) < 4.78 is 0. The summed E-state index contributed by atoms with van der Waals surface area (Å²) in [5, 5.41) is 3.62. The Kier molecular flexibility index (Phi) is 5.50. The first-order valence-corrected chi connectivity index (χ1v) is 8.18. The van der Waals surface area contributed by atoms with E-state index in [9.17, 15) is 0 Å². The fourth-order valence-corrected chi connectivity index (χ4v) is 3.12. The monoisotopic (exact) mass is 252 g/mol. The van der Waals surface area contributed by atoms with Gasteiger partial charge >= 0.3 is 0 Å². The second-order valence-electron chi connectivity index (χ2n) is 6.76. The minimum absolute atomic E-state index is 0.850. The van der Waals surface area contributed by atoms with E-state index < -0.39 is 0 Å². The van der Waals surface area contributed by atoms with Crippen molar-refractivity contribution in [2.75, 3.05) is 19.6 Å². The highest BCUT2D eigenvalue weighted by atomic mass is 15.2. The molecule has 0 aromatic carbocycles. The van der Waals surface area contributed by atoms with E-state index in [1.165, 1.54) is 58.2 Å². The molecule has 18 heavy (non-hydrogen) atoms. The molecular formula is C16H32N2. The lowest BCUT2D eigenvalue weighted by atomic mass is 9.78. The molecule has 0 heterocycles. The second kappa shape index (κ2) is 6.91. The van der Waals surface area contributed by atoms with Crippen LogP contribution < -0.4 is 5.32 Å². The summed E-state index contributed by atoms with van der Waals surface area (Å²) in [6.45, 7) is 10.8. The van der Waals surface area contributed by atoms with Crippen LogP contribution in [0.5, 0.6) is 0 Å². The van der Waals surface area contributed by atoms with Crippen LogP contribution in [0.25, 0.3) is 0 Å². The van der Waals surface area contributed by atoms with Crippen LogP contribution in [0.3, 0.4) is 0 Å². The Bertz CT molecular complexity index is 235. The summed E-state index contributed by atoms with van der Waals surface area (Å²) in [7, 11) is 0. The van der Waals surface area contributed by atoms with E-state index in [-0.39, 0.29) is 0 Å². The zero-order valence-electron chi connectivity index (χ0n) is 12.6. The lowest BCUT2D eigenvalue weighted by Gasteiger charge is -2.45. The number of rotatable bonds is 9. The molecule has 2 unspecified atom stereocenters. The van der Waals surface area contributed by atoms with Crippen molar-refractivity contribution in [2.45, 2.75) is 71.4 Å². The van der Waals surface area contributed by atoms with Gasteiger partial charge in [0.15, 0.2) is 0 Å². The third kappa shape index (κ3) is 3.96. The van der Waals surface area contributed by atoms with Gasteiger partial charge in [0.25, 0.3) is 0 Å². The van der Waals surface area contributed by atoms with E-state index in [1.807, 2.05) is 0 Å². The molecule has 2 heteroatoms. The van der Waals surface area contributed by atoms with E-state index in [1.54, 1.807) is 0 Å². The summed E-state index contributed by atoms with van der Waals surface area (Å²) in [6.07, 6.45) is 8.46. The number of nitrogens with one attached hydrogen (secondary N) is 1. The molecule has 2 aliphatic carbocycles. The van der Waals surface area contributed by atoms with Crippen LogP contribution in [0.1, 0.15) is 59.3 Å². The molecule has 0 amide bonds. The van der Waals surface area contributed by atoms with E-state index in [0.717, 1.165) is 23.9 Å². The molecular weight excluding hydrogens is 220 g/mol. The van der Waals surface area contributed by atoms with E-state index in [2.05, 4.69) is 31.0 Å². The molecule has 0 aliphatic heterocycles. The van der Waals surface area contributed by atoms with Gasteiger partial charge in [-0.05, 0) is 70.0 Å². The molecule has 2 fully saturated rings. The van der Waals surface area contributed by atoms with Crippen LogP contribution in [0, 0.1) is 11.8 Å². The molecule has 0 aromatic rings. The van der Waals surface area contributed by atoms with Crippen molar-refractivity contribution in [2.24, 2.45) is 11.8 Å². The topological polar surface area (TPSA) is 15.3 Å². The Hall–Kier alpha value is -0.0800. The zero-order chi connectivity index (χ0) is 13.0. The minimum Gasteiger partial charge on any atom is -0.316 e. The van der Waals surface area contributed by atoms with Crippen molar-refractivity contribution >= 4 is 0 Å². The molecule has 0 radical (unpaired) electrons. The van der Waals surface area contributed by atoms with Gasteiger partial charge in [-0.25, -0.2) is 0 Å². The van der Waals surface area contributed by atoms with E-state index in [4.69, 9.17) is 0 Å². The molecule has 2 saturated carbocycles. The number of hydrogen-bond acceptors (Lipinski definition) is 2. The Labute approximate surface area is 114 Å². The van der Waals surface area contributed by atoms with Crippen LogP contribution in [0.15, 0.2) is 0 Å². The van der Waals surface area contributed by atoms with Gasteiger partial charge in [-0.3, -0.25) is 4.90 Å². The van der Waals surface area contributed by atoms with Crippen molar-refractivity contribution < 1.29 is 0 Å². The summed E-state index contributed by atoms with van der Waals surface area (Å²) >= 11 is 0. The molecule has 2 nitrogen and oxygen atoms in total. The lowest BCUT2D eigenvalue weighted by molar-refractivity contribution is 0.0513. The van der Waals surface area contributed by atoms with Gasteiger partial charge < -0.3 is 5.32 Å². The molecule has 0 saturated heterocycles. The van der Waals surface area contributed by atoms with Crippen LogP contribution in [0.4, 0.5) is 0 Å². The van der Waals surface area contributed by atoms with Crippen molar-refractivity contribution in [3.05, 3.63) is 0 Å². The first-order chi connectivity index (χ1) is 8.72. The third-order valence-electron chi connectivity index (χ3n) is 4.62. The van der Waals surface area contributed by atoms with Gasteiger partial charge in [-0.1, -0.05) is 20.8 Å². The van der Waals surface area contributed by atoms with Crippen molar-refractivity contribution in [1.29, 1.82) is 0 Å². The van der Waals surface area contributed by atoms with Gasteiger partial charge in [-0.2, -0.15) is 0 Å². The Morgan fingerprint density at radius 1 is 1.17 bits per heavy atom. The van der Waals surface area contributed by atoms with Crippen molar-refractivity contribution in [1.82, 2.24) is 10.2 Å². The fourth-order valence-electron chi connectivity index (χ4n) is 3.12. The quantitative estimate of drug-likeness (QED) is 0.634. The molecule has 106 valence electrons. The zero-order valence-corrected chi connectivity index (χ0v) is 12.6. The molecule has 0 bridgehead atoms. The standard InChI is InChI=1S/C16H32N2/c1-4-10-17-12-14-5-8-16(14)18(15-6-7-15)11-9-13(2)3/h13-17H,4-12H2,1-3H3. The SMILES string of the molecule is CCCNCC1CCC1N(CCC(C)C)C1CC1. The molecule has 0 spiro atoms. The summed E-state index contributed by atoms with van der Waals surface area (Å²) in [6, 6.07) is 1.85. The molecule has 0 aromatic heterocycles. The minimum atomic E-state index is 0.850. The highest BCUT2D eigenvalue weighted by Crippen LogP contribution is 2.39. The summed E-state index contributed by atoms with van der Waals surface area (Å²) in [4.78, 5) is 2.86. The maximum atomic E-state index is 3.62. The van der Waals surface area contributed by atoms with Gasteiger partial charge in [0.2, 0.25) is 0 Å². The highest BCUT2D eigenvalue weighted by Gasteiger charge is 2.41. The summed E-state index contributed by atoms with van der Waals surface area (Å²) in [5.41, 5.74) is 0. The predicted octanol–water partition coefficient (Wildman–Crippen LogP) is 3.28. The fraction of sp³-hybridized carbons (Fsp3) is 1.00. The largest absolute Gasteiger partial charge is 0.316 e. The average molecular weight is 252 g/mol. The van der Waals surface area contributed by atoms with Gasteiger partial charge in [0.05, 0.1) is 0 Å². The van der Waals surface area contributed by atoms with Gasteiger partial charge in [0.1, 0.15) is 0 Å². The number of nitrogens with zero attached hydrogens (tertiary/aromatic N) is 1. The maximum absolute atomic E-state index is 3.62. The first kappa shape index (κ1) is 14.3. The van der Waals surface area contributed by atoms with Crippen molar-refractivity contribution in [3.63, 3.8) is 0 Å². The smallest absolute Gasteiger partial charge is 0.0139 e. The highest BCUT2D eigenvalue weighted by molar-refractivity contribution is 4.96.